The predicted molar refractivity (Wildman–Crippen MR) is 130 cm³/mol. The molecule has 6 nitrogen and oxygen atoms in total. The second-order valence-electron chi connectivity index (χ2n) is 8.65. The molecule has 33 heavy (non-hydrogen) atoms. The number of amides is 3. The normalized spacial score (nSPS) is 17.6. The first kappa shape index (κ1) is 23.6. The molecule has 0 aliphatic carbocycles. The summed E-state index contributed by atoms with van der Waals surface area (Å²) in [7, 11) is 0. The number of urea groups is 1. The van der Waals surface area contributed by atoms with Crippen LogP contribution in [0.2, 0.25) is 10.0 Å². The van der Waals surface area contributed by atoms with Gasteiger partial charge in [0.05, 0.1) is 10.0 Å². The first-order valence-corrected chi connectivity index (χ1v) is 12.1. The Morgan fingerprint density at radius 3 is 2.00 bits per heavy atom. The van der Waals surface area contributed by atoms with Gasteiger partial charge in [0.2, 0.25) is 5.91 Å². The Balaban J connectivity index is 1.24. The molecular weight excluding hydrogens is 461 g/mol. The smallest absolute Gasteiger partial charge is 0.321 e. The summed E-state index contributed by atoms with van der Waals surface area (Å²) >= 11 is 12.0. The minimum atomic E-state index is -0.131. The van der Waals surface area contributed by atoms with Crippen LogP contribution >= 0.6 is 23.2 Å². The van der Waals surface area contributed by atoms with E-state index in [9.17, 15) is 14.4 Å². The van der Waals surface area contributed by atoms with E-state index in [0.717, 1.165) is 5.69 Å². The molecule has 0 aromatic heterocycles. The summed E-state index contributed by atoms with van der Waals surface area (Å²) in [4.78, 5) is 42.0. The SMILES string of the molecule is O=C(c1ccc(Cl)c(Cl)c1)C1CCN(C(=O)C2CCN(C(=O)Nc3ccccc3)CC2)CC1. The molecule has 2 heterocycles. The third-order valence-corrected chi connectivity index (χ3v) is 7.28. The summed E-state index contributed by atoms with van der Waals surface area (Å²) in [6, 6.07) is 14.2. The van der Waals surface area contributed by atoms with Gasteiger partial charge in [-0.15, -0.1) is 0 Å². The number of piperidine rings is 2. The molecule has 2 aromatic carbocycles. The highest BCUT2D eigenvalue weighted by atomic mass is 35.5. The van der Waals surface area contributed by atoms with E-state index >= 15 is 0 Å². The van der Waals surface area contributed by atoms with E-state index < -0.39 is 0 Å². The summed E-state index contributed by atoms with van der Waals surface area (Å²) in [5, 5.41) is 3.70. The van der Waals surface area contributed by atoms with Crippen LogP contribution in [-0.4, -0.2) is 53.7 Å². The van der Waals surface area contributed by atoms with Gasteiger partial charge in [0.15, 0.2) is 5.78 Å². The van der Waals surface area contributed by atoms with Gasteiger partial charge in [0, 0.05) is 49.3 Å². The van der Waals surface area contributed by atoms with Crippen LogP contribution in [0.25, 0.3) is 0 Å². The first-order chi connectivity index (χ1) is 15.9. The molecule has 4 rings (SSSR count). The second-order valence-corrected chi connectivity index (χ2v) is 9.46. The number of anilines is 1. The molecule has 2 aromatic rings. The Morgan fingerprint density at radius 1 is 0.758 bits per heavy atom. The van der Waals surface area contributed by atoms with Crippen molar-refractivity contribution in [1.29, 1.82) is 0 Å². The molecule has 0 unspecified atom stereocenters. The van der Waals surface area contributed by atoms with Crippen LogP contribution in [0.15, 0.2) is 48.5 Å². The zero-order valence-electron chi connectivity index (χ0n) is 18.3. The number of rotatable bonds is 4. The van der Waals surface area contributed by atoms with Crippen molar-refractivity contribution < 1.29 is 14.4 Å². The Hall–Kier alpha value is -2.57. The predicted octanol–water partition coefficient (Wildman–Crippen LogP) is 5.36. The van der Waals surface area contributed by atoms with Crippen molar-refractivity contribution in [3.8, 4) is 0 Å². The van der Waals surface area contributed by atoms with Gasteiger partial charge < -0.3 is 15.1 Å². The second kappa shape index (κ2) is 10.6. The van der Waals surface area contributed by atoms with E-state index in [1.807, 2.05) is 35.2 Å². The third kappa shape index (κ3) is 5.68. The lowest BCUT2D eigenvalue weighted by Crippen LogP contribution is -2.47. The van der Waals surface area contributed by atoms with Crippen molar-refractivity contribution in [1.82, 2.24) is 9.80 Å². The minimum Gasteiger partial charge on any atom is -0.342 e. The minimum absolute atomic E-state index is 0.0541. The number of benzene rings is 2. The lowest BCUT2D eigenvalue weighted by Gasteiger charge is -2.37. The van der Waals surface area contributed by atoms with Gasteiger partial charge in [-0.05, 0) is 56.0 Å². The number of hydrogen-bond acceptors (Lipinski definition) is 3. The molecule has 174 valence electrons. The topological polar surface area (TPSA) is 69.7 Å². The first-order valence-electron chi connectivity index (χ1n) is 11.3. The molecule has 0 atom stereocenters. The largest absolute Gasteiger partial charge is 0.342 e. The molecule has 0 spiro atoms. The van der Waals surface area contributed by atoms with Crippen molar-refractivity contribution in [3.05, 3.63) is 64.1 Å². The summed E-state index contributed by atoms with van der Waals surface area (Å²) in [6.07, 6.45) is 2.60. The average Bonchev–Trinajstić information content (AvgIpc) is 2.85. The molecule has 2 aliphatic rings. The number of carbonyl (C=O) groups excluding carboxylic acids is 3. The number of nitrogens with one attached hydrogen (secondary N) is 1. The Morgan fingerprint density at radius 2 is 1.36 bits per heavy atom. The zero-order valence-corrected chi connectivity index (χ0v) is 19.8. The average molecular weight is 488 g/mol. The molecule has 3 amide bonds. The zero-order chi connectivity index (χ0) is 23.4. The Bertz CT molecular complexity index is 1010. The Kier molecular flexibility index (Phi) is 7.56. The number of halogens is 2. The fourth-order valence-corrected chi connectivity index (χ4v) is 4.86. The summed E-state index contributed by atoms with van der Waals surface area (Å²) in [5.41, 5.74) is 1.33. The van der Waals surface area contributed by atoms with Gasteiger partial charge in [-0.3, -0.25) is 9.59 Å². The van der Waals surface area contributed by atoms with Crippen LogP contribution in [0.1, 0.15) is 36.0 Å². The van der Waals surface area contributed by atoms with E-state index in [2.05, 4.69) is 5.32 Å². The van der Waals surface area contributed by atoms with Crippen LogP contribution in [0.4, 0.5) is 10.5 Å². The molecular formula is C25H27Cl2N3O3. The molecule has 0 saturated carbocycles. The monoisotopic (exact) mass is 487 g/mol. The number of Topliss-reactive ketones (excluding diaryl/α,β-unsaturated/α-hetero) is 1. The van der Waals surface area contributed by atoms with Crippen molar-refractivity contribution in [2.75, 3.05) is 31.5 Å². The van der Waals surface area contributed by atoms with Gasteiger partial charge in [-0.1, -0.05) is 41.4 Å². The molecule has 2 aliphatic heterocycles. The lowest BCUT2D eigenvalue weighted by atomic mass is 9.87. The van der Waals surface area contributed by atoms with E-state index in [4.69, 9.17) is 23.2 Å². The van der Waals surface area contributed by atoms with E-state index in [1.54, 1.807) is 23.1 Å². The van der Waals surface area contributed by atoms with Crippen molar-refractivity contribution in [3.63, 3.8) is 0 Å². The highest BCUT2D eigenvalue weighted by molar-refractivity contribution is 6.42. The van der Waals surface area contributed by atoms with Crippen molar-refractivity contribution >= 4 is 46.6 Å². The summed E-state index contributed by atoms with van der Waals surface area (Å²) in [6.45, 7) is 2.26. The van der Waals surface area contributed by atoms with Gasteiger partial charge >= 0.3 is 6.03 Å². The van der Waals surface area contributed by atoms with Crippen LogP contribution in [-0.2, 0) is 4.79 Å². The number of likely N-dealkylation sites (tertiary alicyclic amines) is 2. The maximum atomic E-state index is 13.0. The molecule has 8 heteroatoms. The molecule has 0 bridgehead atoms. The number of ketones is 1. The molecule has 2 saturated heterocycles. The lowest BCUT2D eigenvalue weighted by molar-refractivity contribution is -0.138. The fraction of sp³-hybridized carbons (Fsp3) is 0.400. The quantitative estimate of drug-likeness (QED) is 0.590. The van der Waals surface area contributed by atoms with Gasteiger partial charge in [-0.25, -0.2) is 4.79 Å². The standard InChI is InChI=1S/C25H27Cl2N3O3/c26-21-7-6-19(16-22(21)27)23(31)17-8-12-29(13-9-17)24(32)18-10-14-30(15-11-18)25(33)28-20-4-2-1-3-5-20/h1-7,16-18H,8-15H2,(H,28,33). The molecule has 0 radical (unpaired) electrons. The van der Waals surface area contributed by atoms with E-state index in [1.165, 1.54) is 0 Å². The van der Waals surface area contributed by atoms with E-state index in [-0.39, 0.29) is 29.6 Å². The number of hydrogen-bond donors (Lipinski definition) is 1. The van der Waals surface area contributed by atoms with Crippen LogP contribution in [0.5, 0.6) is 0 Å². The highest BCUT2D eigenvalue weighted by Crippen LogP contribution is 2.28. The van der Waals surface area contributed by atoms with E-state index in [0.29, 0.717) is 67.5 Å². The van der Waals surface area contributed by atoms with Gasteiger partial charge in [-0.2, -0.15) is 0 Å². The number of para-hydroxylation sites is 1. The summed E-state index contributed by atoms with van der Waals surface area (Å²) in [5.74, 6) is -0.000114. The third-order valence-electron chi connectivity index (χ3n) is 6.54. The summed E-state index contributed by atoms with van der Waals surface area (Å²) < 4.78 is 0. The maximum Gasteiger partial charge on any atom is 0.321 e. The number of nitrogens with zero attached hydrogens (tertiary/aromatic N) is 2. The fourth-order valence-electron chi connectivity index (χ4n) is 4.56. The van der Waals surface area contributed by atoms with Crippen LogP contribution in [0, 0.1) is 11.8 Å². The number of carbonyl (C=O) groups is 3. The van der Waals surface area contributed by atoms with Crippen LogP contribution in [0.3, 0.4) is 0 Å². The Labute approximate surface area is 203 Å². The van der Waals surface area contributed by atoms with Gasteiger partial charge in [0.1, 0.15) is 0 Å². The van der Waals surface area contributed by atoms with Crippen LogP contribution < -0.4 is 5.32 Å². The molecule has 1 N–H and O–H groups in total. The highest BCUT2D eigenvalue weighted by Gasteiger charge is 2.33. The van der Waals surface area contributed by atoms with Crippen molar-refractivity contribution in [2.45, 2.75) is 25.7 Å². The molecule has 2 fully saturated rings. The maximum absolute atomic E-state index is 13.0. The van der Waals surface area contributed by atoms with Crippen molar-refractivity contribution in [2.24, 2.45) is 11.8 Å². The van der Waals surface area contributed by atoms with Gasteiger partial charge in [0.25, 0.3) is 0 Å².